The molecule has 0 aromatic heterocycles. The number of piperidine rings is 1. The Morgan fingerprint density at radius 3 is 2.44 bits per heavy atom. The van der Waals surface area contributed by atoms with Gasteiger partial charge < -0.3 is 24.3 Å². The van der Waals surface area contributed by atoms with Gasteiger partial charge in [0.2, 0.25) is 0 Å². The first-order chi connectivity index (χ1) is 16.4. The van der Waals surface area contributed by atoms with Crippen molar-refractivity contribution in [2.24, 2.45) is 5.41 Å². The van der Waals surface area contributed by atoms with Crippen LogP contribution in [0, 0.1) is 5.41 Å². The quantitative estimate of drug-likeness (QED) is 0.445. The topological polar surface area (TPSA) is 66.0 Å². The van der Waals surface area contributed by atoms with E-state index in [1.54, 1.807) is 0 Å². The Kier molecular flexibility index (Phi) is 7.91. The zero-order valence-electron chi connectivity index (χ0n) is 20.5. The average molecular weight is 468 g/mol. The lowest BCUT2D eigenvalue weighted by atomic mass is 9.87. The zero-order chi connectivity index (χ0) is 24.0. The van der Waals surface area contributed by atoms with Crippen LogP contribution in [0.4, 0.5) is 0 Å². The van der Waals surface area contributed by atoms with Crippen LogP contribution < -0.4 is 10.1 Å². The van der Waals surface area contributed by atoms with Crippen molar-refractivity contribution in [3.63, 3.8) is 0 Å². The molecule has 2 aromatic carbocycles. The predicted octanol–water partition coefficient (Wildman–Crippen LogP) is 4.78. The Labute approximate surface area is 202 Å². The van der Waals surface area contributed by atoms with Crippen LogP contribution in [0.3, 0.4) is 0 Å². The van der Waals surface area contributed by atoms with E-state index < -0.39 is 11.2 Å². The molecular formula is C28H37NO5. The van der Waals surface area contributed by atoms with Gasteiger partial charge >= 0.3 is 5.97 Å². The molecule has 6 nitrogen and oxygen atoms in total. The van der Waals surface area contributed by atoms with Gasteiger partial charge in [-0.3, -0.25) is 4.79 Å². The molecule has 0 spiro atoms. The smallest absolute Gasteiger partial charge is 0.311 e. The maximum Gasteiger partial charge on any atom is 0.311 e. The third-order valence-electron chi connectivity index (χ3n) is 6.49. The fraction of sp³-hybridized carbons (Fsp3) is 0.536. The summed E-state index contributed by atoms with van der Waals surface area (Å²) < 4.78 is 23.9. The van der Waals surface area contributed by atoms with Crippen LogP contribution in [0.15, 0.2) is 54.6 Å². The number of nitrogens with one attached hydrogen (secondary N) is 1. The van der Waals surface area contributed by atoms with Crippen molar-refractivity contribution in [1.29, 1.82) is 0 Å². The minimum Gasteiger partial charge on any atom is -0.494 e. The molecule has 2 unspecified atom stereocenters. The number of esters is 1. The summed E-state index contributed by atoms with van der Waals surface area (Å²) in [6.07, 6.45) is 2.33. The van der Waals surface area contributed by atoms with E-state index in [1.165, 1.54) is 5.56 Å². The first-order valence-corrected chi connectivity index (χ1v) is 12.4. The predicted molar refractivity (Wildman–Crippen MR) is 131 cm³/mol. The molecule has 1 N–H and O–H groups in total. The first kappa shape index (κ1) is 24.7. The standard InChI is InChI=1S/C28H37NO5/c1-27(2,3)26(30)34-25-20-29-16-14-24(25)21-10-12-23(13-11-21)31-17-7-15-28(32-18-19-33-28)22-8-5-4-6-9-22/h4-6,8-13,24-25,29H,7,14-20H2,1-3H3. The van der Waals surface area contributed by atoms with Crippen LogP contribution in [-0.4, -0.2) is 45.0 Å². The number of carbonyl (C=O) groups excluding carboxylic acids is 1. The Bertz CT molecular complexity index is 916. The molecule has 34 heavy (non-hydrogen) atoms. The third kappa shape index (κ3) is 5.98. The summed E-state index contributed by atoms with van der Waals surface area (Å²) in [7, 11) is 0. The van der Waals surface area contributed by atoms with Gasteiger partial charge in [-0.1, -0.05) is 42.5 Å². The normalized spacial score (nSPS) is 22.3. The van der Waals surface area contributed by atoms with Crippen molar-refractivity contribution >= 4 is 5.97 Å². The monoisotopic (exact) mass is 467 g/mol. The SMILES string of the molecule is CC(C)(C)C(=O)OC1CNCCC1c1ccc(OCCCC2(c3ccccc3)OCCO2)cc1. The summed E-state index contributed by atoms with van der Waals surface area (Å²) in [6.45, 7) is 9.07. The Hall–Kier alpha value is -2.41. The van der Waals surface area contributed by atoms with Gasteiger partial charge in [0.25, 0.3) is 0 Å². The van der Waals surface area contributed by atoms with Crippen LogP contribution in [0.1, 0.15) is 57.1 Å². The number of hydrogen-bond acceptors (Lipinski definition) is 6. The molecule has 0 saturated carbocycles. The molecule has 0 amide bonds. The second kappa shape index (κ2) is 10.9. The van der Waals surface area contributed by atoms with Crippen molar-refractivity contribution in [1.82, 2.24) is 5.32 Å². The molecule has 2 heterocycles. The van der Waals surface area contributed by atoms with Gasteiger partial charge in [-0.25, -0.2) is 0 Å². The molecule has 2 saturated heterocycles. The van der Waals surface area contributed by atoms with Crippen LogP contribution in [0.2, 0.25) is 0 Å². The van der Waals surface area contributed by atoms with Gasteiger partial charge in [0.05, 0.1) is 25.2 Å². The van der Waals surface area contributed by atoms with E-state index in [-0.39, 0.29) is 18.0 Å². The highest BCUT2D eigenvalue weighted by Gasteiger charge is 2.38. The highest BCUT2D eigenvalue weighted by molar-refractivity contribution is 5.75. The van der Waals surface area contributed by atoms with E-state index in [9.17, 15) is 4.79 Å². The summed E-state index contributed by atoms with van der Waals surface area (Å²) in [5.74, 6) is 0.199. The van der Waals surface area contributed by atoms with Gasteiger partial charge in [-0.15, -0.1) is 0 Å². The minimum absolute atomic E-state index is 0.158. The second-order valence-electron chi connectivity index (χ2n) is 10.1. The van der Waals surface area contributed by atoms with Crippen LogP contribution >= 0.6 is 0 Å². The molecule has 2 aromatic rings. The summed E-state index contributed by atoms with van der Waals surface area (Å²) >= 11 is 0. The molecule has 184 valence electrons. The van der Waals surface area contributed by atoms with E-state index in [1.807, 2.05) is 51.1 Å². The molecule has 2 aliphatic heterocycles. The number of carbonyl (C=O) groups is 1. The summed E-state index contributed by atoms with van der Waals surface area (Å²) in [4.78, 5) is 12.4. The Morgan fingerprint density at radius 2 is 1.76 bits per heavy atom. The third-order valence-corrected chi connectivity index (χ3v) is 6.49. The van der Waals surface area contributed by atoms with Crippen molar-refractivity contribution in [2.45, 2.75) is 57.8 Å². The van der Waals surface area contributed by atoms with Gasteiger partial charge in [0.1, 0.15) is 11.9 Å². The molecule has 0 aliphatic carbocycles. The summed E-state index contributed by atoms with van der Waals surface area (Å²) in [6, 6.07) is 18.3. The molecule has 4 rings (SSSR count). The van der Waals surface area contributed by atoms with Gasteiger partial charge in [0, 0.05) is 24.4 Å². The average Bonchev–Trinajstić information content (AvgIpc) is 3.33. The maximum atomic E-state index is 12.4. The molecule has 2 atom stereocenters. The highest BCUT2D eigenvalue weighted by Crippen LogP contribution is 2.36. The van der Waals surface area contributed by atoms with Gasteiger partial charge in [-0.05, 0) is 57.9 Å². The summed E-state index contributed by atoms with van der Waals surface area (Å²) in [5, 5.41) is 3.35. The Balaban J connectivity index is 1.31. The molecule has 2 aliphatic rings. The largest absolute Gasteiger partial charge is 0.494 e. The minimum atomic E-state index is -0.664. The first-order valence-electron chi connectivity index (χ1n) is 12.4. The Morgan fingerprint density at radius 1 is 1.06 bits per heavy atom. The molecule has 0 bridgehead atoms. The van der Waals surface area contributed by atoms with E-state index in [4.69, 9.17) is 18.9 Å². The molecular weight excluding hydrogens is 430 g/mol. The second-order valence-corrected chi connectivity index (χ2v) is 10.1. The fourth-order valence-electron chi connectivity index (χ4n) is 4.56. The van der Waals surface area contributed by atoms with Crippen LogP contribution in [-0.2, 0) is 24.8 Å². The lowest BCUT2D eigenvalue weighted by Gasteiger charge is -2.34. The number of rotatable bonds is 8. The van der Waals surface area contributed by atoms with Crippen molar-refractivity contribution in [3.05, 3.63) is 65.7 Å². The highest BCUT2D eigenvalue weighted by atomic mass is 16.7. The van der Waals surface area contributed by atoms with Crippen molar-refractivity contribution in [3.8, 4) is 5.75 Å². The van der Waals surface area contributed by atoms with E-state index >= 15 is 0 Å². The zero-order valence-corrected chi connectivity index (χ0v) is 20.5. The van der Waals surface area contributed by atoms with Crippen molar-refractivity contribution in [2.75, 3.05) is 32.9 Å². The lowest BCUT2D eigenvalue weighted by Crippen LogP contribution is -2.43. The number of hydrogen-bond donors (Lipinski definition) is 1. The van der Waals surface area contributed by atoms with Crippen LogP contribution in [0.25, 0.3) is 0 Å². The molecule has 2 fully saturated rings. The van der Waals surface area contributed by atoms with Gasteiger partial charge in [-0.2, -0.15) is 0 Å². The molecule has 6 heteroatoms. The van der Waals surface area contributed by atoms with E-state index in [2.05, 4.69) is 29.6 Å². The van der Waals surface area contributed by atoms with Crippen LogP contribution in [0.5, 0.6) is 5.75 Å². The van der Waals surface area contributed by atoms with Crippen molar-refractivity contribution < 1.29 is 23.7 Å². The van der Waals surface area contributed by atoms with E-state index in [0.29, 0.717) is 26.4 Å². The molecule has 0 radical (unpaired) electrons. The maximum absolute atomic E-state index is 12.4. The van der Waals surface area contributed by atoms with E-state index in [0.717, 1.165) is 37.1 Å². The number of benzene rings is 2. The lowest BCUT2D eigenvalue weighted by molar-refractivity contribution is -0.172. The number of ether oxygens (including phenoxy) is 4. The summed E-state index contributed by atoms with van der Waals surface area (Å²) in [5.41, 5.74) is 1.73. The fourth-order valence-corrected chi connectivity index (χ4v) is 4.56. The van der Waals surface area contributed by atoms with Gasteiger partial charge in [0.15, 0.2) is 5.79 Å².